The van der Waals surface area contributed by atoms with Crippen LogP contribution in [0.3, 0.4) is 0 Å². The van der Waals surface area contributed by atoms with Gasteiger partial charge in [0.05, 0.1) is 12.9 Å². The molecule has 94 valence electrons. The fourth-order valence-electron chi connectivity index (χ4n) is 1.36. The molecule has 2 rings (SSSR count). The zero-order chi connectivity index (χ0) is 12.3. The van der Waals surface area contributed by atoms with Crippen molar-refractivity contribution in [2.75, 3.05) is 19.5 Å². The van der Waals surface area contributed by atoms with Gasteiger partial charge in [-0.3, -0.25) is 4.18 Å². The van der Waals surface area contributed by atoms with Crippen molar-refractivity contribution >= 4 is 10.1 Å². The Kier molecular flexibility index (Phi) is 3.66. The highest BCUT2D eigenvalue weighted by Crippen LogP contribution is 2.24. The number of epoxide rings is 1. The van der Waals surface area contributed by atoms with Crippen LogP contribution in [0.5, 0.6) is 5.75 Å². The lowest BCUT2D eigenvalue weighted by Crippen LogP contribution is -2.14. The summed E-state index contributed by atoms with van der Waals surface area (Å²) < 4.78 is 36.8. The summed E-state index contributed by atoms with van der Waals surface area (Å²) in [4.78, 5) is 0. The van der Waals surface area contributed by atoms with Crippen LogP contribution in [0.2, 0.25) is 0 Å². The largest absolute Gasteiger partial charge is 0.491 e. The van der Waals surface area contributed by atoms with Crippen molar-refractivity contribution in [3.8, 4) is 5.75 Å². The second kappa shape index (κ2) is 5.03. The van der Waals surface area contributed by atoms with Gasteiger partial charge in [-0.05, 0) is 12.1 Å². The lowest BCUT2D eigenvalue weighted by Gasteiger charge is -2.02. The molecule has 1 saturated heterocycles. The summed E-state index contributed by atoms with van der Waals surface area (Å²) in [6, 6.07) is 9.37. The number of benzene rings is 1. The first-order valence-corrected chi connectivity index (χ1v) is 7.04. The van der Waals surface area contributed by atoms with Crippen LogP contribution in [0.15, 0.2) is 30.3 Å². The SMILES string of the molecule is CS(=O)(=O)OC[C@@H]1O[C@H]1COc1ccccc1. The molecule has 6 heteroatoms. The highest BCUT2D eigenvalue weighted by atomic mass is 32.2. The van der Waals surface area contributed by atoms with E-state index in [2.05, 4.69) is 4.18 Å². The molecule has 0 aromatic heterocycles. The van der Waals surface area contributed by atoms with E-state index in [9.17, 15) is 8.42 Å². The first-order valence-electron chi connectivity index (χ1n) is 5.22. The third kappa shape index (κ3) is 4.33. The van der Waals surface area contributed by atoms with Crippen molar-refractivity contribution in [3.05, 3.63) is 30.3 Å². The fraction of sp³-hybridized carbons (Fsp3) is 0.455. The van der Waals surface area contributed by atoms with Crippen molar-refractivity contribution < 1.29 is 22.1 Å². The maximum absolute atomic E-state index is 10.7. The molecule has 1 aromatic rings. The minimum atomic E-state index is -3.39. The van der Waals surface area contributed by atoms with Crippen molar-refractivity contribution in [1.29, 1.82) is 0 Å². The van der Waals surface area contributed by atoms with Crippen LogP contribution in [0.25, 0.3) is 0 Å². The van der Waals surface area contributed by atoms with Crippen LogP contribution >= 0.6 is 0 Å². The van der Waals surface area contributed by atoms with E-state index >= 15 is 0 Å². The molecule has 0 radical (unpaired) electrons. The minimum Gasteiger partial charge on any atom is -0.491 e. The summed E-state index contributed by atoms with van der Waals surface area (Å²) in [6.45, 7) is 0.462. The molecular formula is C11H14O5S. The van der Waals surface area contributed by atoms with Gasteiger partial charge in [0.25, 0.3) is 10.1 Å². The molecule has 0 bridgehead atoms. The molecule has 1 aromatic carbocycles. The van der Waals surface area contributed by atoms with Gasteiger partial charge < -0.3 is 9.47 Å². The molecule has 1 aliphatic heterocycles. The van der Waals surface area contributed by atoms with Gasteiger partial charge in [0.2, 0.25) is 0 Å². The Labute approximate surface area is 100 Å². The lowest BCUT2D eigenvalue weighted by molar-refractivity contribution is 0.246. The predicted molar refractivity (Wildman–Crippen MR) is 61.4 cm³/mol. The van der Waals surface area contributed by atoms with E-state index in [4.69, 9.17) is 9.47 Å². The standard InChI is InChI=1S/C11H14O5S/c1-17(12,13)15-8-11-10(16-11)7-14-9-5-3-2-4-6-9/h2-6,10-11H,7-8H2,1H3/t10-,11-/m0/s1. The minimum absolute atomic E-state index is 0.0572. The van der Waals surface area contributed by atoms with E-state index in [1.165, 1.54) is 0 Å². The molecule has 2 atom stereocenters. The molecule has 0 amide bonds. The first kappa shape index (κ1) is 12.3. The smallest absolute Gasteiger partial charge is 0.264 e. The van der Waals surface area contributed by atoms with Crippen LogP contribution in [-0.2, 0) is 19.0 Å². The third-order valence-electron chi connectivity index (χ3n) is 2.29. The zero-order valence-corrected chi connectivity index (χ0v) is 10.2. The number of ether oxygens (including phenoxy) is 2. The Morgan fingerprint density at radius 2 is 1.82 bits per heavy atom. The van der Waals surface area contributed by atoms with Gasteiger partial charge in [0, 0.05) is 0 Å². The molecule has 1 fully saturated rings. The number of para-hydroxylation sites is 1. The lowest BCUT2D eigenvalue weighted by atomic mass is 10.3. The van der Waals surface area contributed by atoms with E-state index in [0.29, 0.717) is 6.61 Å². The monoisotopic (exact) mass is 258 g/mol. The van der Waals surface area contributed by atoms with Crippen molar-refractivity contribution in [1.82, 2.24) is 0 Å². The molecule has 0 N–H and O–H groups in total. The van der Waals surface area contributed by atoms with Gasteiger partial charge in [0.1, 0.15) is 24.6 Å². The quantitative estimate of drug-likeness (QED) is 0.558. The molecule has 0 saturated carbocycles. The molecule has 0 aliphatic carbocycles. The third-order valence-corrected chi connectivity index (χ3v) is 2.86. The Bertz CT molecular complexity index is 456. The van der Waals surface area contributed by atoms with Gasteiger partial charge in [-0.15, -0.1) is 0 Å². The number of hydrogen-bond acceptors (Lipinski definition) is 5. The average Bonchev–Trinajstić information content (AvgIpc) is 3.03. The molecule has 0 spiro atoms. The molecule has 0 unspecified atom stereocenters. The Morgan fingerprint density at radius 3 is 2.47 bits per heavy atom. The average molecular weight is 258 g/mol. The van der Waals surface area contributed by atoms with Gasteiger partial charge in [-0.2, -0.15) is 8.42 Å². The normalized spacial score (nSPS) is 23.4. The number of rotatable bonds is 6. The Hall–Kier alpha value is -1.11. The van der Waals surface area contributed by atoms with E-state index < -0.39 is 10.1 Å². The predicted octanol–water partition coefficient (Wildman–Crippen LogP) is 0.809. The van der Waals surface area contributed by atoms with Gasteiger partial charge in [-0.25, -0.2) is 0 Å². The van der Waals surface area contributed by atoms with Gasteiger partial charge >= 0.3 is 0 Å². The van der Waals surface area contributed by atoms with E-state index in [1.54, 1.807) is 0 Å². The Morgan fingerprint density at radius 1 is 1.18 bits per heavy atom. The molecular weight excluding hydrogens is 244 g/mol. The van der Waals surface area contributed by atoms with E-state index in [0.717, 1.165) is 12.0 Å². The van der Waals surface area contributed by atoms with Crippen LogP contribution in [0, 0.1) is 0 Å². The van der Waals surface area contributed by atoms with Crippen LogP contribution in [0.4, 0.5) is 0 Å². The molecule has 1 heterocycles. The second-order valence-corrected chi connectivity index (χ2v) is 5.47. The zero-order valence-electron chi connectivity index (χ0n) is 9.41. The summed E-state index contributed by atoms with van der Waals surface area (Å²) in [5.74, 6) is 0.769. The Balaban J connectivity index is 1.67. The summed E-state index contributed by atoms with van der Waals surface area (Å²) in [7, 11) is -3.39. The van der Waals surface area contributed by atoms with E-state index in [-0.39, 0.29) is 18.8 Å². The summed E-state index contributed by atoms with van der Waals surface area (Å²) in [5.41, 5.74) is 0. The van der Waals surface area contributed by atoms with Crippen LogP contribution in [-0.4, -0.2) is 40.1 Å². The molecule has 17 heavy (non-hydrogen) atoms. The summed E-state index contributed by atoms with van der Waals surface area (Å²) >= 11 is 0. The molecule has 5 nitrogen and oxygen atoms in total. The first-order chi connectivity index (χ1) is 8.04. The summed E-state index contributed by atoms with van der Waals surface area (Å²) in [6.07, 6.45) is 0.746. The highest BCUT2D eigenvalue weighted by molar-refractivity contribution is 7.85. The van der Waals surface area contributed by atoms with Crippen molar-refractivity contribution in [3.63, 3.8) is 0 Å². The molecule has 1 aliphatic rings. The number of hydrogen-bond donors (Lipinski definition) is 0. The maximum atomic E-state index is 10.7. The van der Waals surface area contributed by atoms with Gasteiger partial charge in [-0.1, -0.05) is 18.2 Å². The highest BCUT2D eigenvalue weighted by Gasteiger charge is 2.40. The topological polar surface area (TPSA) is 65.1 Å². The summed E-state index contributed by atoms with van der Waals surface area (Å²) in [5, 5.41) is 0. The maximum Gasteiger partial charge on any atom is 0.264 e. The van der Waals surface area contributed by atoms with Crippen LogP contribution in [0.1, 0.15) is 0 Å². The van der Waals surface area contributed by atoms with Crippen molar-refractivity contribution in [2.45, 2.75) is 12.2 Å². The van der Waals surface area contributed by atoms with Gasteiger partial charge in [0.15, 0.2) is 0 Å². The fourth-order valence-corrected chi connectivity index (χ4v) is 1.74. The van der Waals surface area contributed by atoms with Crippen LogP contribution < -0.4 is 4.74 Å². The van der Waals surface area contributed by atoms with E-state index in [1.807, 2.05) is 30.3 Å². The van der Waals surface area contributed by atoms with Crippen molar-refractivity contribution in [2.24, 2.45) is 0 Å². The second-order valence-electron chi connectivity index (χ2n) is 3.83.